The number of carbonyl (C=O) groups is 1. The molecular weight excluding hydrogens is 386 g/mol. The lowest BCUT2D eigenvalue weighted by Gasteiger charge is -2.12. The standard InChI is InChI=1S/C22H17N3O5/c1-29-15-10-7-14(8-11-15)9-12-16-17(13-23)21(26)25(24-20(16)22(27)28)18-5-3-4-6-19(18)30-2/h3-12H,1-2H3,(H,27,28)/b12-9-. The van der Waals surface area contributed by atoms with E-state index in [1.165, 1.54) is 13.2 Å². The predicted molar refractivity (Wildman–Crippen MR) is 110 cm³/mol. The summed E-state index contributed by atoms with van der Waals surface area (Å²) < 4.78 is 11.2. The third-order valence-electron chi connectivity index (χ3n) is 4.32. The molecule has 1 aromatic heterocycles. The van der Waals surface area contributed by atoms with Crippen molar-refractivity contribution in [3.05, 3.63) is 81.3 Å². The first-order chi connectivity index (χ1) is 14.5. The number of ether oxygens (including phenoxy) is 2. The minimum atomic E-state index is -1.37. The molecule has 0 saturated carbocycles. The smallest absolute Gasteiger partial charge is 0.357 e. The van der Waals surface area contributed by atoms with Crippen molar-refractivity contribution in [3.63, 3.8) is 0 Å². The third kappa shape index (κ3) is 3.91. The summed E-state index contributed by atoms with van der Waals surface area (Å²) in [6.45, 7) is 0. The summed E-state index contributed by atoms with van der Waals surface area (Å²) in [5.74, 6) is -0.393. The van der Waals surface area contributed by atoms with Crippen molar-refractivity contribution in [2.24, 2.45) is 0 Å². The van der Waals surface area contributed by atoms with Gasteiger partial charge in [0.25, 0.3) is 5.56 Å². The van der Waals surface area contributed by atoms with E-state index in [0.29, 0.717) is 11.5 Å². The fourth-order valence-corrected chi connectivity index (χ4v) is 2.83. The van der Waals surface area contributed by atoms with Crippen molar-refractivity contribution in [1.29, 1.82) is 5.26 Å². The van der Waals surface area contributed by atoms with Gasteiger partial charge in [0.15, 0.2) is 5.69 Å². The molecule has 0 radical (unpaired) electrons. The second-order valence-corrected chi connectivity index (χ2v) is 6.05. The highest BCUT2D eigenvalue weighted by molar-refractivity contribution is 5.92. The van der Waals surface area contributed by atoms with Crippen molar-refractivity contribution in [2.45, 2.75) is 0 Å². The first-order valence-electron chi connectivity index (χ1n) is 8.76. The summed E-state index contributed by atoms with van der Waals surface area (Å²) in [7, 11) is 2.96. The second kappa shape index (κ2) is 8.75. The third-order valence-corrected chi connectivity index (χ3v) is 4.32. The number of hydrogen-bond donors (Lipinski definition) is 1. The average molecular weight is 403 g/mol. The maximum absolute atomic E-state index is 12.9. The van der Waals surface area contributed by atoms with Crippen LogP contribution in [0.4, 0.5) is 0 Å². The van der Waals surface area contributed by atoms with E-state index in [-0.39, 0.29) is 16.8 Å². The molecule has 0 aliphatic heterocycles. The normalized spacial score (nSPS) is 10.6. The number of nitriles is 1. The van der Waals surface area contributed by atoms with Gasteiger partial charge in [-0.1, -0.05) is 36.4 Å². The molecule has 0 aliphatic rings. The Bertz CT molecular complexity index is 1220. The van der Waals surface area contributed by atoms with Crippen LogP contribution in [0.2, 0.25) is 0 Å². The summed E-state index contributed by atoms with van der Waals surface area (Å²) in [5, 5.41) is 23.3. The summed E-state index contributed by atoms with van der Waals surface area (Å²) in [4.78, 5) is 24.8. The molecule has 8 heteroatoms. The molecule has 0 saturated heterocycles. The number of aromatic nitrogens is 2. The van der Waals surface area contributed by atoms with Crippen LogP contribution in [0.1, 0.15) is 27.2 Å². The number of nitrogens with zero attached hydrogens (tertiary/aromatic N) is 3. The van der Waals surface area contributed by atoms with Gasteiger partial charge >= 0.3 is 5.97 Å². The van der Waals surface area contributed by atoms with Gasteiger partial charge in [-0.25, -0.2) is 4.79 Å². The zero-order valence-corrected chi connectivity index (χ0v) is 16.2. The van der Waals surface area contributed by atoms with Gasteiger partial charge in [0.1, 0.15) is 28.8 Å². The van der Waals surface area contributed by atoms with Gasteiger partial charge in [-0.3, -0.25) is 4.79 Å². The number of carboxylic acids is 1. The van der Waals surface area contributed by atoms with E-state index >= 15 is 0 Å². The zero-order chi connectivity index (χ0) is 21.7. The molecule has 0 amide bonds. The Labute approximate surface area is 171 Å². The van der Waals surface area contributed by atoms with Crippen molar-refractivity contribution in [2.75, 3.05) is 14.2 Å². The molecule has 0 unspecified atom stereocenters. The van der Waals surface area contributed by atoms with Crippen LogP contribution in [0.15, 0.2) is 53.3 Å². The molecule has 1 heterocycles. The van der Waals surface area contributed by atoms with Gasteiger partial charge < -0.3 is 14.6 Å². The summed E-state index contributed by atoms with van der Waals surface area (Å²) in [6.07, 6.45) is 2.99. The van der Waals surface area contributed by atoms with Crippen LogP contribution in [0.25, 0.3) is 17.8 Å². The number of methoxy groups -OCH3 is 2. The SMILES string of the molecule is COc1ccc(/C=C\c2c(C(=O)O)nn(-c3ccccc3OC)c(=O)c2C#N)cc1. The Hall–Kier alpha value is -4.38. The average Bonchev–Trinajstić information content (AvgIpc) is 2.77. The highest BCUT2D eigenvalue weighted by Crippen LogP contribution is 2.22. The van der Waals surface area contributed by atoms with Crippen molar-refractivity contribution < 1.29 is 19.4 Å². The predicted octanol–water partition coefficient (Wildman–Crippen LogP) is 2.99. The van der Waals surface area contributed by atoms with E-state index in [9.17, 15) is 20.0 Å². The monoisotopic (exact) mass is 403 g/mol. The fourth-order valence-electron chi connectivity index (χ4n) is 2.83. The molecule has 150 valence electrons. The first-order valence-corrected chi connectivity index (χ1v) is 8.76. The Balaban J connectivity index is 2.20. The van der Waals surface area contributed by atoms with Crippen LogP contribution in [-0.2, 0) is 0 Å². The van der Waals surface area contributed by atoms with Crippen molar-refractivity contribution >= 4 is 18.1 Å². The van der Waals surface area contributed by atoms with Crippen molar-refractivity contribution in [1.82, 2.24) is 9.78 Å². The van der Waals surface area contributed by atoms with Gasteiger partial charge in [-0.15, -0.1) is 0 Å². The topological polar surface area (TPSA) is 114 Å². The number of aromatic carboxylic acids is 1. The molecule has 0 atom stereocenters. The molecule has 3 aromatic rings. The molecule has 1 N–H and O–H groups in total. The van der Waals surface area contributed by atoms with E-state index < -0.39 is 17.2 Å². The Kier molecular flexibility index (Phi) is 5.94. The van der Waals surface area contributed by atoms with Gasteiger partial charge in [0.2, 0.25) is 0 Å². The van der Waals surface area contributed by atoms with Crippen molar-refractivity contribution in [3.8, 4) is 23.3 Å². The maximum Gasteiger partial charge on any atom is 0.357 e. The summed E-state index contributed by atoms with van der Waals surface area (Å²) >= 11 is 0. The summed E-state index contributed by atoms with van der Waals surface area (Å²) in [5.41, 5.74) is -0.627. The highest BCUT2D eigenvalue weighted by Gasteiger charge is 2.22. The zero-order valence-electron chi connectivity index (χ0n) is 16.2. The van der Waals surface area contributed by atoms with E-state index in [1.807, 2.05) is 6.07 Å². The Morgan fingerprint density at radius 1 is 1.10 bits per heavy atom. The quantitative estimate of drug-likeness (QED) is 0.673. The first kappa shape index (κ1) is 20.4. The molecule has 30 heavy (non-hydrogen) atoms. The molecule has 0 fully saturated rings. The molecule has 0 bridgehead atoms. The van der Waals surface area contributed by atoms with Crippen LogP contribution in [0.3, 0.4) is 0 Å². The van der Waals surface area contributed by atoms with Gasteiger partial charge in [-0.2, -0.15) is 15.0 Å². The number of hydrogen-bond acceptors (Lipinski definition) is 6. The largest absolute Gasteiger partial charge is 0.497 e. The van der Waals surface area contributed by atoms with Crippen LogP contribution in [-0.4, -0.2) is 35.1 Å². The van der Waals surface area contributed by atoms with Gasteiger partial charge in [-0.05, 0) is 29.8 Å². The lowest BCUT2D eigenvalue weighted by atomic mass is 10.1. The number of para-hydroxylation sites is 2. The molecular formula is C22H17N3O5. The van der Waals surface area contributed by atoms with Crippen LogP contribution in [0.5, 0.6) is 11.5 Å². The minimum absolute atomic E-state index is 0.0723. The minimum Gasteiger partial charge on any atom is -0.497 e. The second-order valence-electron chi connectivity index (χ2n) is 6.05. The number of rotatable bonds is 6. The molecule has 8 nitrogen and oxygen atoms in total. The highest BCUT2D eigenvalue weighted by atomic mass is 16.5. The van der Waals surface area contributed by atoms with Crippen LogP contribution >= 0.6 is 0 Å². The number of carboxylic acid groups (broad SMARTS) is 1. The molecule has 0 spiro atoms. The summed E-state index contributed by atoms with van der Waals surface area (Å²) in [6, 6.07) is 15.3. The van der Waals surface area contributed by atoms with Gasteiger partial charge in [0, 0.05) is 5.56 Å². The molecule has 2 aromatic carbocycles. The molecule has 3 rings (SSSR count). The van der Waals surface area contributed by atoms with E-state index in [1.54, 1.807) is 61.7 Å². The Morgan fingerprint density at radius 2 is 1.80 bits per heavy atom. The maximum atomic E-state index is 12.9. The lowest BCUT2D eigenvalue weighted by Crippen LogP contribution is -2.28. The van der Waals surface area contributed by atoms with Gasteiger partial charge in [0.05, 0.1) is 14.2 Å². The van der Waals surface area contributed by atoms with E-state index in [4.69, 9.17) is 9.47 Å². The van der Waals surface area contributed by atoms with E-state index in [2.05, 4.69) is 5.10 Å². The van der Waals surface area contributed by atoms with E-state index in [0.717, 1.165) is 10.2 Å². The number of benzene rings is 2. The molecule has 0 aliphatic carbocycles. The van der Waals surface area contributed by atoms with Crippen LogP contribution in [0, 0.1) is 11.3 Å². The fraction of sp³-hybridized carbons (Fsp3) is 0.0909. The lowest BCUT2D eigenvalue weighted by molar-refractivity contribution is 0.0688. The van der Waals surface area contributed by atoms with Crippen LogP contribution < -0.4 is 15.0 Å². The Morgan fingerprint density at radius 3 is 2.40 bits per heavy atom.